The molecule has 84 valence electrons. The molecule has 0 aliphatic carbocycles. The van der Waals surface area contributed by atoms with E-state index in [0.29, 0.717) is 16.1 Å². The first kappa shape index (κ1) is 10.0. The number of anilines is 1. The maximum atomic E-state index is 11.8. The Morgan fingerprint density at radius 2 is 2.29 bits per heavy atom. The average Bonchev–Trinajstić information content (AvgIpc) is 2.99. The van der Waals surface area contributed by atoms with Gasteiger partial charge in [0.1, 0.15) is 5.52 Å². The molecule has 1 aromatic carbocycles. The Morgan fingerprint density at radius 1 is 1.35 bits per heavy atom. The molecular formula is C12H8N2O2S. The van der Waals surface area contributed by atoms with Crippen molar-refractivity contribution in [1.29, 1.82) is 0 Å². The molecule has 2 heterocycles. The standard InChI is InChI=1S/C12H8N2O2S/c15-12(11-2-1-5-17-11)14-8-3-4-10-9(6-8)13-7-16-10/h1-7H,(H,14,15). The van der Waals surface area contributed by atoms with Crippen LogP contribution in [0, 0.1) is 0 Å². The maximum absolute atomic E-state index is 11.8. The second-order valence-corrected chi connectivity index (χ2v) is 4.41. The van der Waals surface area contributed by atoms with Crippen LogP contribution >= 0.6 is 11.3 Å². The molecule has 0 bridgehead atoms. The highest BCUT2D eigenvalue weighted by Crippen LogP contribution is 2.19. The van der Waals surface area contributed by atoms with Gasteiger partial charge in [0.2, 0.25) is 0 Å². The van der Waals surface area contributed by atoms with Gasteiger partial charge in [0.25, 0.3) is 5.91 Å². The van der Waals surface area contributed by atoms with Crippen LogP contribution in [0.25, 0.3) is 11.1 Å². The quantitative estimate of drug-likeness (QED) is 0.753. The van der Waals surface area contributed by atoms with Crippen molar-refractivity contribution in [3.8, 4) is 0 Å². The van der Waals surface area contributed by atoms with Crippen LogP contribution in [-0.2, 0) is 0 Å². The lowest BCUT2D eigenvalue weighted by Crippen LogP contribution is -2.09. The van der Waals surface area contributed by atoms with Crippen LogP contribution in [0.15, 0.2) is 46.5 Å². The Kier molecular flexibility index (Phi) is 2.38. The molecule has 0 aliphatic heterocycles. The van der Waals surface area contributed by atoms with Gasteiger partial charge in [-0.05, 0) is 29.6 Å². The smallest absolute Gasteiger partial charge is 0.265 e. The topological polar surface area (TPSA) is 55.1 Å². The van der Waals surface area contributed by atoms with Crippen molar-refractivity contribution >= 4 is 34.0 Å². The van der Waals surface area contributed by atoms with Gasteiger partial charge in [0.05, 0.1) is 4.88 Å². The Labute approximate surface area is 101 Å². The van der Waals surface area contributed by atoms with E-state index in [1.165, 1.54) is 17.7 Å². The summed E-state index contributed by atoms with van der Waals surface area (Å²) in [6, 6.07) is 8.99. The number of nitrogens with one attached hydrogen (secondary N) is 1. The number of amides is 1. The number of fused-ring (bicyclic) bond motifs is 1. The van der Waals surface area contributed by atoms with E-state index < -0.39 is 0 Å². The number of benzene rings is 1. The fourth-order valence-corrected chi connectivity index (χ4v) is 2.15. The van der Waals surface area contributed by atoms with E-state index in [1.807, 2.05) is 11.4 Å². The number of carbonyl (C=O) groups is 1. The van der Waals surface area contributed by atoms with Crippen LogP contribution in [0.1, 0.15) is 9.67 Å². The molecule has 0 radical (unpaired) electrons. The van der Waals surface area contributed by atoms with E-state index in [2.05, 4.69) is 10.3 Å². The van der Waals surface area contributed by atoms with Gasteiger partial charge in [-0.1, -0.05) is 6.07 Å². The van der Waals surface area contributed by atoms with Crippen LogP contribution in [0.5, 0.6) is 0 Å². The molecule has 17 heavy (non-hydrogen) atoms. The van der Waals surface area contributed by atoms with E-state index in [-0.39, 0.29) is 5.91 Å². The molecule has 5 heteroatoms. The van der Waals surface area contributed by atoms with Crippen LogP contribution in [0.3, 0.4) is 0 Å². The van der Waals surface area contributed by atoms with E-state index in [1.54, 1.807) is 24.3 Å². The number of rotatable bonds is 2. The Morgan fingerprint density at radius 3 is 3.12 bits per heavy atom. The molecule has 0 atom stereocenters. The van der Waals surface area contributed by atoms with E-state index in [4.69, 9.17) is 4.42 Å². The van der Waals surface area contributed by atoms with Crippen molar-refractivity contribution in [2.24, 2.45) is 0 Å². The minimum absolute atomic E-state index is 0.108. The molecule has 0 aliphatic rings. The normalized spacial score (nSPS) is 10.6. The zero-order valence-electron chi connectivity index (χ0n) is 8.71. The van der Waals surface area contributed by atoms with E-state index >= 15 is 0 Å². The van der Waals surface area contributed by atoms with E-state index in [9.17, 15) is 4.79 Å². The van der Waals surface area contributed by atoms with Gasteiger partial charge < -0.3 is 9.73 Å². The second-order valence-electron chi connectivity index (χ2n) is 3.47. The third-order valence-corrected chi connectivity index (χ3v) is 3.20. The monoisotopic (exact) mass is 244 g/mol. The Hall–Kier alpha value is -2.14. The number of hydrogen-bond donors (Lipinski definition) is 1. The van der Waals surface area contributed by atoms with Gasteiger partial charge in [0, 0.05) is 5.69 Å². The van der Waals surface area contributed by atoms with Crippen LogP contribution in [0.4, 0.5) is 5.69 Å². The lowest BCUT2D eigenvalue weighted by atomic mass is 10.3. The molecule has 0 unspecified atom stereocenters. The van der Waals surface area contributed by atoms with Crippen LogP contribution < -0.4 is 5.32 Å². The molecule has 0 spiro atoms. The predicted molar refractivity (Wildman–Crippen MR) is 66.3 cm³/mol. The highest BCUT2D eigenvalue weighted by atomic mass is 32.1. The van der Waals surface area contributed by atoms with Crippen LogP contribution in [0.2, 0.25) is 0 Å². The largest absolute Gasteiger partial charge is 0.443 e. The summed E-state index contributed by atoms with van der Waals surface area (Å²) in [6.45, 7) is 0. The summed E-state index contributed by atoms with van der Waals surface area (Å²) in [4.78, 5) is 16.5. The predicted octanol–water partition coefficient (Wildman–Crippen LogP) is 3.14. The fraction of sp³-hybridized carbons (Fsp3) is 0. The summed E-state index contributed by atoms with van der Waals surface area (Å²) in [5.74, 6) is -0.108. The number of oxazole rings is 1. The zero-order valence-corrected chi connectivity index (χ0v) is 9.53. The van der Waals surface area contributed by atoms with Gasteiger partial charge in [-0.15, -0.1) is 11.3 Å². The lowest BCUT2D eigenvalue weighted by molar-refractivity contribution is 0.103. The van der Waals surface area contributed by atoms with Crippen molar-refractivity contribution in [1.82, 2.24) is 4.98 Å². The minimum Gasteiger partial charge on any atom is -0.443 e. The van der Waals surface area contributed by atoms with Gasteiger partial charge >= 0.3 is 0 Å². The number of aromatic nitrogens is 1. The first-order valence-electron chi connectivity index (χ1n) is 5.01. The molecular weight excluding hydrogens is 236 g/mol. The van der Waals surface area contributed by atoms with Crippen molar-refractivity contribution in [3.63, 3.8) is 0 Å². The van der Waals surface area contributed by atoms with Crippen LogP contribution in [-0.4, -0.2) is 10.9 Å². The number of nitrogens with zero attached hydrogens (tertiary/aromatic N) is 1. The fourth-order valence-electron chi connectivity index (χ4n) is 1.54. The average molecular weight is 244 g/mol. The van der Waals surface area contributed by atoms with Gasteiger partial charge in [-0.2, -0.15) is 0 Å². The summed E-state index contributed by atoms with van der Waals surface area (Å²) in [7, 11) is 0. The lowest BCUT2D eigenvalue weighted by Gasteiger charge is -2.02. The summed E-state index contributed by atoms with van der Waals surface area (Å²) in [5.41, 5.74) is 2.15. The molecule has 2 aromatic heterocycles. The highest BCUT2D eigenvalue weighted by molar-refractivity contribution is 7.12. The Bertz CT molecular complexity index is 658. The molecule has 3 aromatic rings. The Balaban J connectivity index is 1.87. The summed E-state index contributed by atoms with van der Waals surface area (Å²) < 4.78 is 5.13. The first-order chi connectivity index (χ1) is 8.33. The molecule has 1 N–H and O–H groups in total. The van der Waals surface area contributed by atoms with Crippen molar-refractivity contribution in [2.75, 3.05) is 5.32 Å². The SMILES string of the molecule is O=C(Nc1ccc2ocnc2c1)c1cccs1. The number of hydrogen-bond acceptors (Lipinski definition) is 4. The minimum atomic E-state index is -0.108. The summed E-state index contributed by atoms with van der Waals surface area (Å²) in [6.07, 6.45) is 1.38. The van der Waals surface area contributed by atoms with Gasteiger partial charge in [-0.3, -0.25) is 4.79 Å². The molecule has 4 nitrogen and oxygen atoms in total. The molecule has 0 fully saturated rings. The molecule has 1 amide bonds. The first-order valence-corrected chi connectivity index (χ1v) is 5.89. The van der Waals surface area contributed by atoms with Gasteiger partial charge in [-0.25, -0.2) is 4.98 Å². The molecule has 0 saturated carbocycles. The molecule has 3 rings (SSSR count). The number of carbonyl (C=O) groups excluding carboxylic acids is 1. The second kappa shape index (κ2) is 4.03. The number of thiophene rings is 1. The zero-order chi connectivity index (χ0) is 11.7. The van der Waals surface area contributed by atoms with Crippen molar-refractivity contribution in [2.45, 2.75) is 0 Å². The van der Waals surface area contributed by atoms with Crippen molar-refractivity contribution < 1.29 is 9.21 Å². The van der Waals surface area contributed by atoms with E-state index in [0.717, 1.165) is 5.52 Å². The highest BCUT2D eigenvalue weighted by Gasteiger charge is 2.07. The third kappa shape index (κ3) is 1.92. The van der Waals surface area contributed by atoms with Crippen molar-refractivity contribution in [3.05, 3.63) is 47.0 Å². The summed E-state index contributed by atoms with van der Waals surface area (Å²) in [5, 5.41) is 4.69. The molecule has 0 saturated heterocycles. The third-order valence-electron chi connectivity index (χ3n) is 2.33. The maximum Gasteiger partial charge on any atom is 0.265 e. The summed E-state index contributed by atoms with van der Waals surface area (Å²) >= 11 is 1.41. The van der Waals surface area contributed by atoms with Gasteiger partial charge in [0.15, 0.2) is 12.0 Å².